The molecule has 0 atom stereocenters. The zero-order valence-electron chi connectivity index (χ0n) is 12.1. The van der Waals surface area contributed by atoms with E-state index in [1.807, 2.05) is 35.2 Å². The fraction of sp³-hybridized carbons (Fsp3) is 0.278. The van der Waals surface area contributed by atoms with Crippen molar-refractivity contribution in [3.8, 4) is 0 Å². The van der Waals surface area contributed by atoms with Crippen molar-refractivity contribution in [2.45, 2.75) is 19.8 Å². The third-order valence-corrected chi connectivity index (χ3v) is 4.06. The fourth-order valence-corrected chi connectivity index (χ4v) is 2.77. The molecule has 2 nitrogen and oxygen atoms in total. The molecular formula is C18H18FNO. The summed E-state index contributed by atoms with van der Waals surface area (Å²) in [5.41, 5.74) is 3.91. The standard InChI is InChI=1S/C18H18FNO/c1-2-13-3-5-15(6-4-13)18(21)12-20-10-9-14-7-8-16(19)11-17(14)20/h3-8,11H,2,9-10,12H2,1H3. The highest BCUT2D eigenvalue weighted by Crippen LogP contribution is 2.28. The third-order valence-electron chi connectivity index (χ3n) is 4.06. The van der Waals surface area contributed by atoms with Crippen molar-refractivity contribution in [1.82, 2.24) is 0 Å². The number of nitrogens with zero attached hydrogens (tertiary/aromatic N) is 1. The number of fused-ring (bicyclic) bond motifs is 1. The Balaban J connectivity index is 1.75. The molecule has 0 N–H and O–H groups in total. The van der Waals surface area contributed by atoms with Gasteiger partial charge in [0.2, 0.25) is 0 Å². The summed E-state index contributed by atoms with van der Waals surface area (Å²) in [6.07, 6.45) is 1.84. The molecule has 108 valence electrons. The summed E-state index contributed by atoms with van der Waals surface area (Å²) in [5.74, 6) is -0.171. The van der Waals surface area contributed by atoms with Gasteiger partial charge in [0.1, 0.15) is 5.82 Å². The molecule has 2 aromatic rings. The molecule has 1 aliphatic heterocycles. The fourth-order valence-electron chi connectivity index (χ4n) is 2.77. The minimum Gasteiger partial charge on any atom is -0.363 e. The van der Waals surface area contributed by atoms with Crippen LogP contribution in [-0.4, -0.2) is 18.9 Å². The summed E-state index contributed by atoms with van der Waals surface area (Å²) in [7, 11) is 0. The van der Waals surface area contributed by atoms with Gasteiger partial charge in [0.25, 0.3) is 0 Å². The summed E-state index contributed by atoms with van der Waals surface area (Å²) < 4.78 is 13.4. The van der Waals surface area contributed by atoms with Gasteiger partial charge in [-0.05, 0) is 36.1 Å². The Morgan fingerprint density at radius 3 is 2.67 bits per heavy atom. The van der Waals surface area contributed by atoms with E-state index < -0.39 is 0 Å². The molecule has 0 aliphatic carbocycles. The van der Waals surface area contributed by atoms with Gasteiger partial charge in [-0.15, -0.1) is 0 Å². The third kappa shape index (κ3) is 2.82. The van der Waals surface area contributed by atoms with Crippen LogP contribution < -0.4 is 4.90 Å². The van der Waals surface area contributed by atoms with Crippen molar-refractivity contribution in [1.29, 1.82) is 0 Å². The Hall–Kier alpha value is -2.16. The van der Waals surface area contributed by atoms with E-state index >= 15 is 0 Å². The lowest BCUT2D eigenvalue weighted by Gasteiger charge is -2.18. The topological polar surface area (TPSA) is 20.3 Å². The molecular weight excluding hydrogens is 265 g/mol. The molecule has 0 aromatic heterocycles. The molecule has 0 fully saturated rings. The molecule has 0 spiro atoms. The molecule has 2 aromatic carbocycles. The molecule has 21 heavy (non-hydrogen) atoms. The second-order valence-corrected chi connectivity index (χ2v) is 5.42. The number of Topliss-reactive ketones (excluding diaryl/α,β-unsaturated/α-hetero) is 1. The van der Waals surface area contributed by atoms with E-state index in [0.717, 1.165) is 36.2 Å². The Morgan fingerprint density at radius 1 is 1.19 bits per heavy atom. The smallest absolute Gasteiger partial charge is 0.182 e. The number of rotatable bonds is 4. The maximum atomic E-state index is 13.4. The van der Waals surface area contributed by atoms with Gasteiger partial charge in [0, 0.05) is 17.8 Å². The van der Waals surface area contributed by atoms with Crippen LogP contribution in [0.4, 0.5) is 10.1 Å². The molecule has 0 bridgehead atoms. The van der Waals surface area contributed by atoms with Gasteiger partial charge in [-0.1, -0.05) is 37.3 Å². The van der Waals surface area contributed by atoms with Crippen LogP contribution >= 0.6 is 0 Å². The lowest BCUT2D eigenvalue weighted by molar-refractivity contribution is 0.0999. The largest absolute Gasteiger partial charge is 0.363 e. The second kappa shape index (κ2) is 5.68. The first-order chi connectivity index (χ1) is 10.2. The monoisotopic (exact) mass is 283 g/mol. The van der Waals surface area contributed by atoms with Crippen molar-refractivity contribution in [2.24, 2.45) is 0 Å². The minimum absolute atomic E-state index is 0.0785. The van der Waals surface area contributed by atoms with E-state index in [0.29, 0.717) is 6.54 Å². The Kier molecular flexibility index (Phi) is 3.74. The average molecular weight is 283 g/mol. The summed E-state index contributed by atoms with van der Waals surface area (Å²) >= 11 is 0. The lowest BCUT2D eigenvalue weighted by atomic mass is 10.1. The highest BCUT2D eigenvalue weighted by Gasteiger charge is 2.22. The summed E-state index contributed by atoms with van der Waals surface area (Å²) in [4.78, 5) is 14.3. The molecule has 0 amide bonds. The number of carbonyl (C=O) groups excluding carboxylic acids is 1. The van der Waals surface area contributed by atoms with Crippen molar-refractivity contribution >= 4 is 11.5 Å². The number of benzene rings is 2. The molecule has 0 saturated heterocycles. The normalized spacial score (nSPS) is 13.3. The lowest BCUT2D eigenvalue weighted by Crippen LogP contribution is -2.28. The molecule has 3 heteroatoms. The predicted molar refractivity (Wildman–Crippen MR) is 82.5 cm³/mol. The Labute approximate surface area is 124 Å². The molecule has 0 unspecified atom stereocenters. The van der Waals surface area contributed by atoms with Crippen LogP contribution in [0.1, 0.15) is 28.4 Å². The van der Waals surface area contributed by atoms with Gasteiger partial charge in [-0.2, -0.15) is 0 Å². The van der Waals surface area contributed by atoms with Crippen LogP contribution in [-0.2, 0) is 12.8 Å². The first-order valence-electron chi connectivity index (χ1n) is 7.33. The van der Waals surface area contributed by atoms with Gasteiger partial charge in [0.15, 0.2) is 5.78 Å². The van der Waals surface area contributed by atoms with Gasteiger partial charge in [0.05, 0.1) is 6.54 Å². The number of halogens is 1. The number of carbonyl (C=O) groups is 1. The SMILES string of the molecule is CCc1ccc(C(=O)CN2CCc3ccc(F)cc32)cc1. The predicted octanol–water partition coefficient (Wildman–Crippen LogP) is 3.63. The first kappa shape index (κ1) is 13.8. The molecule has 0 radical (unpaired) electrons. The number of hydrogen-bond acceptors (Lipinski definition) is 2. The summed E-state index contributed by atoms with van der Waals surface area (Å²) in [5, 5.41) is 0. The summed E-state index contributed by atoms with van der Waals surface area (Å²) in [6, 6.07) is 12.6. The zero-order valence-corrected chi connectivity index (χ0v) is 12.1. The van der Waals surface area contributed by atoms with Crippen LogP contribution in [0.2, 0.25) is 0 Å². The van der Waals surface area contributed by atoms with Gasteiger partial charge in [-0.3, -0.25) is 4.79 Å². The molecule has 1 aliphatic rings. The number of ketones is 1. The van der Waals surface area contributed by atoms with Crippen LogP contribution in [0.3, 0.4) is 0 Å². The Morgan fingerprint density at radius 2 is 1.95 bits per heavy atom. The van der Waals surface area contributed by atoms with Crippen LogP contribution in [0, 0.1) is 5.82 Å². The van der Waals surface area contributed by atoms with E-state index in [4.69, 9.17) is 0 Å². The van der Waals surface area contributed by atoms with Gasteiger partial charge >= 0.3 is 0 Å². The minimum atomic E-state index is -0.250. The molecule has 3 rings (SSSR count). The molecule has 1 heterocycles. The quantitative estimate of drug-likeness (QED) is 0.799. The number of hydrogen-bond donors (Lipinski definition) is 0. The average Bonchev–Trinajstić information content (AvgIpc) is 2.89. The number of aryl methyl sites for hydroxylation is 1. The second-order valence-electron chi connectivity index (χ2n) is 5.42. The van der Waals surface area contributed by atoms with Gasteiger partial charge in [-0.25, -0.2) is 4.39 Å². The van der Waals surface area contributed by atoms with E-state index in [-0.39, 0.29) is 11.6 Å². The Bertz CT molecular complexity index is 663. The zero-order chi connectivity index (χ0) is 14.8. The summed E-state index contributed by atoms with van der Waals surface area (Å²) in [6.45, 7) is 3.17. The van der Waals surface area contributed by atoms with Crippen molar-refractivity contribution in [2.75, 3.05) is 18.0 Å². The maximum Gasteiger partial charge on any atom is 0.182 e. The van der Waals surface area contributed by atoms with Crippen molar-refractivity contribution < 1.29 is 9.18 Å². The van der Waals surface area contributed by atoms with Crippen LogP contribution in [0.15, 0.2) is 42.5 Å². The van der Waals surface area contributed by atoms with Crippen LogP contribution in [0.25, 0.3) is 0 Å². The van der Waals surface area contributed by atoms with Crippen LogP contribution in [0.5, 0.6) is 0 Å². The highest BCUT2D eigenvalue weighted by atomic mass is 19.1. The van der Waals surface area contributed by atoms with Gasteiger partial charge < -0.3 is 4.90 Å². The van der Waals surface area contributed by atoms with E-state index in [9.17, 15) is 9.18 Å². The highest BCUT2D eigenvalue weighted by molar-refractivity contribution is 5.99. The molecule has 0 saturated carbocycles. The van der Waals surface area contributed by atoms with E-state index in [1.165, 1.54) is 17.7 Å². The number of anilines is 1. The van der Waals surface area contributed by atoms with E-state index in [1.54, 1.807) is 0 Å². The van der Waals surface area contributed by atoms with E-state index in [2.05, 4.69) is 6.92 Å². The maximum absolute atomic E-state index is 13.4. The van der Waals surface area contributed by atoms with Crippen molar-refractivity contribution in [3.05, 3.63) is 65.0 Å². The first-order valence-corrected chi connectivity index (χ1v) is 7.33. The van der Waals surface area contributed by atoms with Crippen molar-refractivity contribution in [3.63, 3.8) is 0 Å².